The number of halogens is 1. The molecular weight excluding hydrogens is 300 g/mol. The second kappa shape index (κ2) is 6.98. The number of piperazine rings is 1. The summed E-state index contributed by atoms with van der Waals surface area (Å²) in [6.07, 6.45) is -0.601. The van der Waals surface area contributed by atoms with Gasteiger partial charge in [0.05, 0.1) is 13.7 Å². The van der Waals surface area contributed by atoms with Crippen LogP contribution in [0.2, 0.25) is 0 Å². The minimum absolute atomic E-state index is 0.0530. The lowest BCUT2D eigenvalue weighted by molar-refractivity contribution is -0.151. The maximum Gasteiger partial charge on any atom is 0.411 e. The molecule has 7 nitrogen and oxygen atoms in total. The highest BCUT2D eigenvalue weighted by Gasteiger charge is 2.39. The molecule has 0 bridgehead atoms. The number of hydrogen-bond donors (Lipinski definition) is 0. The molecule has 0 N–H and O–H groups in total. The van der Waals surface area contributed by atoms with Crippen molar-refractivity contribution in [1.29, 1.82) is 0 Å². The molecule has 1 rings (SSSR count). The summed E-state index contributed by atoms with van der Waals surface area (Å²) in [5.41, 5.74) is -0.666. The van der Waals surface area contributed by atoms with Gasteiger partial charge in [-0.1, -0.05) is 0 Å². The van der Waals surface area contributed by atoms with E-state index in [9.17, 15) is 14.4 Å². The van der Waals surface area contributed by atoms with Gasteiger partial charge in [-0.15, -0.1) is 11.6 Å². The van der Waals surface area contributed by atoms with E-state index in [1.165, 1.54) is 16.9 Å². The molecule has 8 heteroatoms. The van der Waals surface area contributed by atoms with Crippen LogP contribution in [0.4, 0.5) is 4.79 Å². The smallest absolute Gasteiger partial charge is 0.411 e. The van der Waals surface area contributed by atoms with Crippen molar-refractivity contribution in [2.75, 3.05) is 32.6 Å². The maximum atomic E-state index is 12.2. The molecule has 120 valence electrons. The third kappa shape index (κ3) is 4.77. The minimum atomic E-state index is -0.884. The highest BCUT2D eigenvalue weighted by molar-refractivity contribution is 6.27. The van der Waals surface area contributed by atoms with E-state index >= 15 is 0 Å². The quantitative estimate of drug-likeness (QED) is 0.557. The fourth-order valence-corrected chi connectivity index (χ4v) is 2.14. The number of hydrogen-bond acceptors (Lipinski definition) is 5. The van der Waals surface area contributed by atoms with Crippen LogP contribution in [0.5, 0.6) is 0 Å². The van der Waals surface area contributed by atoms with Crippen molar-refractivity contribution in [3.05, 3.63) is 0 Å². The van der Waals surface area contributed by atoms with Crippen LogP contribution in [-0.4, -0.2) is 72.0 Å². The zero-order valence-electron chi connectivity index (χ0n) is 12.7. The number of nitrogens with zero attached hydrogens (tertiary/aromatic N) is 2. The van der Waals surface area contributed by atoms with Crippen LogP contribution >= 0.6 is 11.6 Å². The molecule has 2 amide bonds. The van der Waals surface area contributed by atoms with Gasteiger partial charge in [0.15, 0.2) is 6.04 Å². The van der Waals surface area contributed by atoms with Crippen LogP contribution in [0.15, 0.2) is 0 Å². The van der Waals surface area contributed by atoms with E-state index in [1.807, 2.05) is 0 Å². The SMILES string of the molecule is COC(=O)C1CN(C(=O)CCl)CCN1C(=O)OC(C)(C)C. The number of carbonyl (C=O) groups excluding carboxylic acids is 3. The van der Waals surface area contributed by atoms with Crippen molar-refractivity contribution in [1.82, 2.24) is 9.80 Å². The highest BCUT2D eigenvalue weighted by Crippen LogP contribution is 2.17. The number of esters is 1. The standard InChI is InChI=1S/C13H21ClN2O5/c1-13(2,3)21-12(19)16-6-5-15(10(17)7-14)8-9(16)11(18)20-4/h9H,5-8H2,1-4H3. The molecule has 0 saturated carbocycles. The lowest BCUT2D eigenvalue weighted by Crippen LogP contribution is -2.60. The maximum absolute atomic E-state index is 12.2. The Morgan fingerprint density at radius 3 is 2.33 bits per heavy atom. The van der Waals surface area contributed by atoms with Crippen molar-refractivity contribution >= 4 is 29.6 Å². The number of alkyl halides is 1. The van der Waals surface area contributed by atoms with Crippen LogP contribution in [-0.2, 0) is 19.1 Å². The van der Waals surface area contributed by atoms with Crippen LogP contribution in [0.3, 0.4) is 0 Å². The summed E-state index contributed by atoms with van der Waals surface area (Å²) < 4.78 is 9.98. The number of rotatable bonds is 2. The van der Waals surface area contributed by atoms with E-state index in [0.717, 1.165) is 0 Å². The summed E-state index contributed by atoms with van der Waals surface area (Å²) in [7, 11) is 1.23. The van der Waals surface area contributed by atoms with Gasteiger partial charge < -0.3 is 14.4 Å². The van der Waals surface area contributed by atoms with E-state index in [2.05, 4.69) is 0 Å². The predicted molar refractivity (Wildman–Crippen MR) is 76.0 cm³/mol. The van der Waals surface area contributed by atoms with E-state index in [-0.39, 0.29) is 24.9 Å². The summed E-state index contributed by atoms with van der Waals surface area (Å²) in [5, 5.41) is 0. The molecule has 21 heavy (non-hydrogen) atoms. The van der Waals surface area contributed by atoms with Crippen molar-refractivity contribution < 1.29 is 23.9 Å². The first-order valence-corrected chi connectivity index (χ1v) is 7.14. The molecule has 1 aliphatic rings. The fourth-order valence-electron chi connectivity index (χ4n) is 1.97. The molecule has 1 atom stereocenters. The van der Waals surface area contributed by atoms with Crippen LogP contribution in [0.25, 0.3) is 0 Å². The van der Waals surface area contributed by atoms with Gasteiger partial charge in [0, 0.05) is 13.1 Å². The second-order valence-corrected chi connectivity index (χ2v) is 5.95. The Labute approximate surface area is 129 Å². The van der Waals surface area contributed by atoms with Crippen LogP contribution < -0.4 is 0 Å². The van der Waals surface area contributed by atoms with Crippen LogP contribution in [0.1, 0.15) is 20.8 Å². The average molecular weight is 321 g/mol. The van der Waals surface area contributed by atoms with Crippen molar-refractivity contribution in [2.24, 2.45) is 0 Å². The summed E-state index contributed by atoms with van der Waals surface area (Å²) >= 11 is 5.52. The number of ether oxygens (including phenoxy) is 2. The topological polar surface area (TPSA) is 76.2 Å². The summed E-state index contributed by atoms with van der Waals surface area (Å²) in [4.78, 5) is 38.4. The van der Waals surface area contributed by atoms with Crippen LogP contribution in [0, 0.1) is 0 Å². The fraction of sp³-hybridized carbons (Fsp3) is 0.769. The molecule has 0 aromatic heterocycles. The lowest BCUT2D eigenvalue weighted by Gasteiger charge is -2.39. The normalized spacial score (nSPS) is 19.2. The first-order valence-electron chi connectivity index (χ1n) is 6.60. The molecule has 0 radical (unpaired) electrons. The first-order chi connectivity index (χ1) is 9.69. The Bertz CT molecular complexity index is 421. The highest BCUT2D eigenvalue weighted by atomic mass is 35.5. The van der Waals surface area contributed by atoms with Crippen molar-refractivity contribution in [2.45, 2.75) is 32.4 Å². The molecule has 1 fully saturated rings. The van der Waals surface area contributed by atoms with Gasteiger partial charge in [-0.3, -0.25) is 9.69 Å². The van der Waals surface area contributed by atoms with E-state index in [4.69, 9.17) is 21.1 Å². The zero-order valence-corrected chi connectivity index (χ0v) is 13.5. The van der Waals surface area contributed by atoms with Gasteiger partial charge >= 0.3 is 12.1 Å². The van der Waals surface area contributed by atoms with Gasteiger partial charge in [0.25, 0.3) is 0 Å². The number of carbonyl (C=O) groups is 3. The molecule has 1 unspecified atom stereocenters. The predicted octanol–water partition coefficient (Wildman–Crippen LogP) is 0.846. The van der Waals surface area contributed by atoms with Gasteiger partial charge in [0.2, 0.25) is 5.91 Å². The molecule has 0 spiro atoms. The van der Waals surface area contributed by atoms with Crippen molar-refractivity contribution in [3.63, 3.8) is 0 Å². The second-order valence-electron chi connectivity index (χ2n) is 5.69. The molecule has 0 aromatic carbocycles. The minimum Gasteiger partial charge on any atom is -0.467 e. The summed E-state index contributed by atoms with van der Waals surface area (Å²) in [5.74, 6) is -1.04. The molecule has 0 aromatic rings. The molecule has 0 aliphatic carbocycles. The summed E-state index contributed by atoms with van der Waals surface area (Å²) in [6, 6.07) is -0.884. The van der Waals surface area contributed by atoms with E-state index in [0.29, 0.717) is 6.54 Å². The van der Waals surface area contributed by atoms with E-state index < -0.39 is 23.7 Å². The Morgan fingerprint density at radius 2 is 1.86 bits per heavy atom. The molecular formula is C13H21ClN2O5. The number of methoxy groups -OCH3 is 1. The van der Waals surface area contributed by atoms with E-state index in [1.54, 1.807) is 20.8 Å². The molecule has 1 saturated heterocycles. The van der Waals surface area contributed by atoms with Crippen molar-refractivity contribution in [3.8, 4) is 0 Å². The summed E-state index contributed by atoms with van der Waals surface area (Å²) in [6.45, 7) is 5.77. The Kier molecular flexibility index (Phi) is 5.83. The van der Waals surface area contributed by atoms with Gasteiger partial charge in [0.1, 0.15) is 11.5 Å². The Hall–Kier alpha value is -1.50. The Morgan fingerprint density at radius 1 is 1.24 bits per heavy atom. The zero-order chi connectivity index (χ0) is 16.2. The first kappa shape index (κ1) is 17.6. The van der Waals surface area contributed by atoms with Gasteiger partial charge in [-0.25, -0.2) is 9.59 Å². The Balaban J connectivity index is 2.86. The number of amides is 2. The average Bonchev–Trinajstić information content (AvgIpc) is 2.43. The lowest BCUT2D eigenvalue weighted by atomic mass is 10.1. The monoisotopic (exact) mass is 320 g/mol. The molecule has 1 aliphatic heterocycles. The largest absolute Gasteiger partial charge is 0.467 e. The third-order valence-corrected chi connectivity index (χ3v) is 3.18. The molecule has 1 heterocycles. The third-order valence-electron chi connectivity index (χ3n) is 2.95. The van der Waals surface area contributed by atoms with Gasteiger partial charge in [-0.2, -0.15) is 0 Å². The van der Waals surface area contributed by atoms with Gasteiger partial charge in [-0.05, 0) is 20.8 Å².